The molecule has 0 aliphatic carbocycles. The van der Waals surface area contributed by atoms with Crippen molar-refractivity contribution >= 4 is 5.91 Å². The molecule has 1 aliphatic rings. The average Bonchev–Trinajstić information content (AvgIpc) is 2.82. The number of hydrogen-bond donors (Lipinski definition) is 1. The smallest absolute Gasteiger partial charge is 0.223 e. The molecule has 2 rings (SSSR count). The van der Waals surface area contributed by atoms with Crippen molar-refractivity contribution in [2.24, 2.45) is 11.7 Å². The summed E-state index contributed by atoms with van der Waals surface area (Å²) < 4.78 is 1.88. The van der Waals surface area contributed by atoms with Crippen LogP contribution in [-0.4, -0.2) is 33.2 Å². The number of nitrogens with zero attached hydrogens (tertiary/aromatic N) is 3. The van der Waals surface area contributed by atoms with Crippen LogP contribution in [0.3, 0.4) is 0 Å². The highest BCUT2D eigenvalue weighted by molar-refractivity contribution is 5.78. The van der Waals surface area contributed by atoms with E-state index in [1.165, 1.54) is 0 Å². The maximum Gasteiger partial charge on any atom is 0.223 e. The zero-order valence-corrected chi connectivity index (χ0v) is 12.0. The fourth-order valence-electron chi connectivity index (χ4n) is 2.72. The van der Waals surface area contributed by atoms with Gasteiger partial charge in [-0.05, 0) is 19.3 Å². The summed E-state index contributed by atoms with van der Waals surface area (Å²) in [5.74, 6) is 0.655. The molecule has 5 heteroatoms. The van der Waals surface area contributed by atoms with Crippen LogP contribution in [0, 0.1) is 5.92 Å². The number of aromatic nitrogens is 2. The van der Waals surface area contributed by atoms with Crippen LogP contribution in [0.4, 0.5) is 0 Å². The van der Waals surface area contributed by atoms with E-state index in [9.17, 15) is 4.79 Å². The summed E-state index contributed by atoms with van der Waals surface area (Å²) in [6.07, 6.45) is 5.18. The molecule has 2 N–H and O–H groups in total. The summed E-state index contributed by atoms with van der Waals surface area (Å²) in [6.45, 7) is 7.89. The number of hydrogen-bond acceptors (Lipinski definition) is 3. The van der Waals surface area contributed by atoms with Crippen molar-refractivity contribution in [3.8, 4) is 0 Å². The molecular formula is C14H24N4O. The summed E-state index contributed by atoms with van der Waals surface area (Å²) in [6, 6.07) is -0.0186. The lowest BCUT2D eigenvalue weighted by Crippen LogP contribution is -2.49. The van der Waals surface area contributed by atoms with Gasteiger partial charge in [-0.25, -0.2) is 0 Å². The normalized spacial score (nSPS) is 24.3. The Kier molecular flexibility index (Phi) is 4.24. The SMILES string of the molecule is CCn1cc(C2C(N)CCC(=O)N2CC(C)C)cn1. The van der Waals surface area contributed by atoms with Gasteiger partial charge in [0.05, 0.1) is 12.2 Å². The van der Waals surface area contributed by atoms with Gasteiger partial charge in [-0.1, -0.05) is 13.8 Å². The summed E-state index contributed by atoms with van der Waals surface area (Å²) >= 11 is 0. The van der Waals surface area contributed by atoms with Crippen molar-refractivity contribution in [1.82, 2.24) is 14.7 Å². The number of carbonyl (C=O) groups is 1. The summed E-state index contributed by atoms with van der Waals surface area (Å²) in [7, 11) is 0. The van der Waals surface area contributed by atoms with E-state index in [2.05, 4.69) is 25.9 Å². The molecule has 0 saturated carbocycles. The maximum atomic E-state index is 12.2. The molecule has 1 saturated heterocycles. The zero-order valence-electron chi connectivity index (χ0n) is 12.0. The van der Waals surface area contributed by atoms with Gasteiger partial charge >= 0.3 is 0 Å². The first-order valence-electron chi connectivity index (χ1n) is 7.10. The molecule has 0 radical (unpaired) electrons. The monoisotopic (exact) mass is 264 g/mol. The molecule has 2 unspecified atom stereocenters. The molecule has 1 aliphatic heterocycles. The molecule has 2 heterocycles. The predicted molar refractivity (Wildman–Crippen MR) is 74.4 cm³/mol. The topological polar surface area (TPSA) is 64.2 Å². The van der Waals surface area contributed by atoms with E-state index < -0.39 is 0 Å². The van der Waals surface area contributed by atoms with Gasteiger partial charge in [-0.15, -0.1) is 0 Å². The van der Waals surface area contributed by atoms with E-state index >= 15 is 0 Å². The number of nitrogens with two attached hydrogens (primary N) is 1. The Morgan fingerprint density at radius 3 is 2.84 bits per heavy atom. The first-order chi connectivity index (χ1) is 9.02. The van der Waals surface area contributed by atoms with Gasteiger partial charge in [0.25, 0.3) is 0 Å². The first-order valence-corrected chi connectivity index (χ1v) is 7.10. The van der Waals surface area contributed by atoms with Crippen molar-refractivity contribution in [1.29, 1.82) is 0 Å². The van der Waals surface area contributed by atoms with Crippen molar-refractivity contribution in [3.63, 3.8) is 0 Å². The third kappa shape index (κ3) is 2.97. The van der Waals surface area contributed by atoms with E-state index in [4.69, 9.17) is 5.73 Å². The van der Waals surface area contributed by atoms with Gasteiger partial charge < -0.3 is 10.6 Å². The molecular weight excluding hydrogens is 240 g/mol. The Morgan fingerprint density at radius 2 is 2.26 bits per heavy atom. The van der Waals surface area contributed by atoms with Gasteiger partial charge in [0.1, 0.15) is 0 Å². The number of aryl methyl sites for hydroxylation is 1. The first kappa shape index (κ1) is 14.1. The molecule has 0 bridgehead atoms. The average molecular weight is 264 g/mol. The fourth-order valence-corrected chi connectivity index (χ4v) is 2.72. The van der Waals surface area contributed by atoms with Crippen molar-refractivity contribution in [3.05, 3.63) is 18.0 Å². The quantitative estimate of drug-likeness (QED) is 0.897. The second kappa shape index (κ2) is 5.74. The molecule has 106 valence electrons. The van der Waals surface area contributed by atoms with Crippen LogP contribution in [0.2, 0.25) is 0 Å². The highest BCUT2D eigenvalue weighted by atomic mass is 16.2. The van der Waals surface area contributed by atoms with Gasteiger partial charge in [0.2, 0.25) is 5.91 Å². The third-order valence-corrected chi connectivity index (χ3v) is 3.63. The second-order valence-corrected chi connectivity index (χ2v) is 5.72. The van der Waals surface area contributed by atoms with E-state index in [-0.39, 0.29) is 18.0 Å². The summed E-state index contributed by atoms with van der Waals surface area (Å²) in [4.78, 5) is 14.1. The Hall–Kier alpha value is -1.36. The largest absolute Gasteiger partial charge is 0.334 e. The minimum Gasteiger partial charge on any atom is -0.334 e. The lowest BCUT2D eigenvalue weighted by atomic mass is 9.91. The highest BCUT2D eigenvalue weighted by Crippen LogP contribution is 2.31. The van der Waals surface area contributed by atoms with Crippen LogP contribution >= 0.6 is 0 Å². The van der Waals surface area contributed by atoms with Crippen LogP contribution in [0.15, 0.2) is 12.4 Å². The minimum atomic E-state index is -0.0241. The van der Waals surface area contributed by atoms with E-state index in [0.717, 1.165) is 25.1 Å². The fraction of sp³-hybridized carbons (Fsp3) is 0.714. The van der Waals surface area contributed by atoms with Crippen LogP contribution < -0.4 is 5.73 Å². The molecule has 0 aromatic carbocycles. The Bertz CT molecular complexity index is 440. The molecule has 1 fully saturated rings. The number of likely N-dealkylation sites (tertiary alicyclic amines) is 1. The highest BCUT2D eigenvalue weighted by Gasteiger charge is 2.35. The number of rotatable bonds is 4. The molecule has 5 nitrogen and oxygen atoms in total. The van der Waals surface area contributed by atoms with Gasteiger partial charge in [0.15, 0.2) is 0 Å². The molecule has 19 heavy (non-hydrogen) atoms. The standard InChI is InChI=1S/C14H24N4O/c1-4-17-9-11(7-16-17)14-12(15)5-6-13(19)18(14)8-10(2)3/h7,9-10,12,14H,4-6,8,15H2,1-3H3. The van der Waals surface area contributed by atoms with E-state index in [1.807, 2.05) is 22.0 Å². The third-order valence-electron chi connectivity index (χ3n) is 3.63. The Balaban J connectivity index is 2.27. The Morgan fingerprint density at radius 1 is 1.53 bits per heavy atom. The minimum absolute atomic E-state index is 0.00551. The lowest BCUT2D eigenvalue weighted by Gasteiger charge is -2.40. The van der Waals surface area contributed by atoms with Crippen molar-refractivity contribution < 1.29 is 4.79 Å². The lowest BCUT2D eigenvalue weighted by molar-refractivity contribution is -0.138. The van der Waals surface area contributed by atoms with Gasteiger partial charge in [0, 0.05) is 37.3 Å². The van der Waals surface area contributed by atoms with Crippen LogP contribution in [-0.2, 0) is 11.3 Å². The Labute approximate surface area is 114 Å². The van der Waals surface area contributed by atoms with Gasteiger partial charge in [-0.3, -0.25) is 9.48 Å². The number of amides is 1. The van der Waals surface area contributed by atoms with Crippen LogP contribution in [0.25, 0.3) is 0 Å². The molecule has 1 aromatic heterocycles. The van der Waals surface area contributed by atoms with Crippen molar-refractivity contribution in [2.75, 3.05) is 6.54 Å². The van der Waals surface area contributed by atoms with Gasteiger partial charge in [-0.2, -0.15) is 5.10 Å². The number of carbonyl (C=O) groups excluding carboxylic acids is 1. The predicted octanol–water partition coefficient (Wildman–Crippen LogP) is 1.55. The van der Waals surface area contributed by atoms with E-state index in [1.54, 1.807) is 0 Å². The zero-order chi connectivity index (χ0) is 14.0. The maximum absolute atomic E-state index is 12.2. The molecule has 1 aromatic rings. The molecule has 2 atom stereocenters. The molecule has 0 spiro atoms. The summed E-state index contributed by atoms with van der Waals surface area (Å²) in [5, 5.41) is 4.31. The summed E-state index contributed by atoms with van der Waals surface area (Å²) in [5.41, 5.74) is 7.32. The van der Waals surface area contributed by atoms with Crippen LogP contribution in [0.5, 0.6) is 0 Å². The van der Waals surface area contributed by atoms with E-state index in [0.29, 0.717) is 12.3 Å². The van der Waals surface area contributed by atoms with Crippen molar-refractivity contribution in [2.45, 2.75) is 52.2 Å². The second-order valence-electron chi connectivity index (χ2n) is 5.72. The number of piperidine rings is 1. The van der Waals surface area contributed by atoms with Crippen LogP contribution in [0.1, 0.15) is 45.2 Å². The molecule has 1 amide bonds.